The van der Waals surface area contributed by atoms with E-state index in [2.05, 4.69) is 473 Å². The molecule has 18 aromatic carbocycles. The molecule has 6 heteroatoms. The molecular formula is C118H78N6. The Labute approximate surface area is 718 Å². The van der Waals surface area contributed by atoms with Crippen molar-refractivity contribution in [1.29, 1.82) is 0 Å². The van der Waals surface area contributed by atoms with E-state index in [0.29, 0.717) is 0 Å². The molecule has 0 N–H and O–H groups in total. The maximum Gasteiger partial charge on any atom is 0.0715 e. The molecule has 0 radical (unpaired) electrons. The third kappa shape index (κ3) is 13.2. The Morgan fingerprint density at radius 2 is 0.339 bits per heavy atom. The van der Waals surface area contributed by atoms with Crippen LogP contribution in [0.25, 0.3) is 222 Å². The van der Waals surface area contributed by atoms with Crippen LogP contribution in [0.15, 0.2) is 473 Å². The van der Waals surface area contributed by atoms with E-state index >= 15 is 0 Å². The van der Waals surface area contributed by atoms with Crippen molar-refractivity contribution in [3.8, 4) is 135 Å². The Kier molecular flexibility index (Phi) is 18.2. The van der Waals surface area contributed by atoms with Gasteiger partial charge in [0.2, 0.25) is 0 Å². The number of hydrogen-bond donors (Lipinski definition) is 0. The highest BCUT2D eigenvalue weighted by molar-refractivity contribution is 6.15. The van der Waals surface area contributed by atoms with Gasteiger partial charge in [0.05, 0.1) is 66.9 Å². The van der Waals surface area contributed by atoms with E-state index in [9.17, 15) is 0 Å². The number of hydrogen-bond acceptors (Lipinski definition) is 2. The standard InChI is InChI=1S/2C59H39N3/c1-4-15-41(16-5-1)54-37-47(38-55(60-54)42-17-6-2-7-18-42)44-20-14-19-43(35-44)40-27-31-49(32-28-40)61-57-26-13-11-24-51(57)53-36-45(30-34-58(53)61)46-29-33-52-50-23-10-12-25-56(50)62(59(52)39-46)48-21-8-3-9-22-48;1-4-15-40(16-5-1)47-37-54(42-17-6-2-7-18-42)60-55(38-47)46-20-14-19-43(35-46)41-27-31-49(32-28-41)61-57-26-13-11-24-51(57)53-36-44(30-34-58(53)61)45-29-33-52-50-23-10-12-25-56(50)62(59(52)39-45)48-21-8-3-9-22-48/h2*1-39H. The maximum absolute atomic E-state index is 5.20. The van der Waals surface area contributed by atoms with E-state index in [4.69, 9.17) is 9.97 Å². The third-order valence-electron chi connectivity index (χ3n) is 24.6. The van der Waals surface area contributed by atoms with Gasteiger partial charge in [0.15, 0.2) is 0 Å². The molecule has 0 unspecified atom stereocenters. The van der Waals surface area contributed by atoms with Gasteiger partial charge in [-0.15, -0.1) is 0 Å². The largest absolute Gasteiger partial charge is 0.309 e. The Morgan fingerprint density at radius 1 is 0.113 bits per heavy atom. The van der Waals surface area contributed by atoms with Crippen LogP contribution in [-0.2, 0) is 0 Å². The zero-order valence-corrected chi connectivity index (χ0v) is 67.7. The smallest absolute Gasteiger partial charge is 0.0715 e. The highest BCUT2D eigenvalue weighted by Crippen LogP contribution is 2.44. The predicted octanol–water partition coefficient (Wildman–Crippen LogP) is 31.2. The van der Waals surface area contributed by atoms with Crippen LogP contribution in [0.4, 0.5) is 0 Å². The third-order valence-corrected chi connectivity index (χ3v) is 24.6. The molecule has 0 atom stereocenters. The van der Waals surface area contributed by atoms with E-state index in [1.807, 2.05) is 18.2 Å². The fraction of sp³-hybridized carbons (Fsp3) is 0. The molecule has 6 heterocycles. The van der Waals surface area contributed by atoms with Crippen molar-refractivity contribution in [2.75, 3.05) is 0 Å². The van der Waals surface area contributed by atoms with Gasteiger partial charge in [-0.05, 0) is 212 Å². The number of benzene rings is 18. The summed E-state index contributed by atoms with van der Waals surface area (Å²) < 4.78 is 9.58. The molecule has 124 heavy (non-hydrogen) atoms. The van der Waals surface area contributed by atoms with E-state index in [0.717, 1.165) is 95.6 Å². The summed E-state index contributed by atoms with van der Waals surface area (Å²) in [6, 6.07) is 170. The maximum atomic E-state index is 5.20. The Morgan fingerprint density at radius 3 is 0.726 bits per heavy atom. The average molecular weight is 1580 g/mol. The molecule has 0 fully saturated rings. The number of fused-ring (bicyclic) bond motifs is 12. The van der Waals surface area contributed by atoms with Crippen molar-refractivity contribution in [1.82, 2.24) is 28.2 Å². The summed E-state index contributed by atoms with van der Waals surface area (Å²) in [5.74, 6) is 0. The minimum atomic E-state index is 0.951. The normalized spacial score (nSPS) is 11.5. The van der Waals surface area contributed by atoms with Gasteiger partial charge in [0.1, 0.15) is 0 Å². The highest BCUT2D eigenvalue weighted by atomic mass is 15.0. The van der Waals surface area contributed by atoms with Crippen LogP contribution < -0.4 is 0 Å². The second-order valence-electron chi connectivity index (χ2n) is 32.0. The zero-order chi connectivity index (χ0) is 82.0. The van der Waals surface area contributed by atoms with Crippen molar-refractivity contribution in [2.45, 2.75) is 0 Å². The van der Waals surface area contributed by atoms with Gasteiger partial charge >= 0.3 is 0 Å². The molecule has 0 aliphatic carbocycles. The molecule has 24 rings (SSSR count). The molecular weight excluding hydrogens is 1500 g/mol. The monoisotopic (exact) mass is 1580 g/mol. The van der Waals surface area contributed by atoms with Gasteiger partial charge < -0.3 is 18.3 Å². The molecule has 0 bridgehead atoms. The first-order valence-electron chi connectivity index (χ1n) is 42.4. The number of nitrogens with zero attached hydrogens (tertiary/aromatic N) is 6. The van der Waals surface area contributed by atoms with Crippen molar-refractivity contribution in [3.63, 3.8) is 0 Å². The van der Waals surface area contributed by atoms with Crippen LogP contribution in [0.1, 0.15) is 0 Å². The van der Waals surface area contributed by atoms with E-state index in [-0.39, 0.29) is 0 Å². The second kappa shape index (κ2) is 31.0. The highest BCUT2D eigenvalue weighted by Gasteiger charge is 2.22. The summed E-state index contributed by atoms with van der Waals surface area (Å²) in [6.45, 7) is 0. The number of para-hydroxylation sites is 6. The lowest BCUT2D eigenvalue weighted by molar-refractivity contribution is 1.18. The SMILES string of the molecule is c1ccc(-c2cc(-c3cccc(-c4ccc(-n5c6ccccc6c6cc(-c7ccc8c9ccccc9n(-c9ccccc9)c8c7)ccc65)cc4)c3)cc(-c3ccccc3)n2)cc1.c1ccc(-c2cc(-c3ccccc3)nc(-c3cccc(-c4ccc(-n5c6ccccc6c6cc(-c7ccc8c9ccccc9n(-c9ccccc9)c8c7)ccc65)cc4)c3)c2)cc1. The second-order valence-corrected chi connectivity index (χ2v) is 32.0. The summed E-state index contributed by atoms with van der Waals surface area (Å²) in [5.41, 5.74) is 36.4. The number of pyridine rings is 2. The summed E-state index contributed by atoms with van der Waals surface area (Å²) in [5, 5.41) is 9.99. The average Bonchev–Trinajstić information content (AvgIpc) is 1.59. The molecule has 0 saturated heterocycles. The van der Waals surface area contributed by atoms with Crippen molar-refractivity contribution in [2.24, 2.45) is 0 Å². The molecule has 6 aromatic heterocycles. The van der Waals surface area contributed by atoms with Gasteiger partial charge in [-0.2, -0.15) is 0 Å². The molecule has 0 aliphatic heterocycles. The topological polar surface area (TPSA) is 45.5 Å². The molecule has 0 saturated carbocycles. The Bertz CT molecular complexity index is 7570. The van der Waals surface area contributed by atoms with Crippen LogP contribution in [0, 0.1) is 0 Å². The fourth-order valence-electron chi connectivity index (χ4n) is 18.7. The van der Waals surface area contributed by atoms with E-state index in [1.54, 1.807) is 0 Å². The van der Waals surface area contributed by atoms with Gasteiger partial charge in [-0.3, -0.25) is 0 Å². The van der Waals surface area contributed by atoms with Gasteiger partial charge in [-0.1, -0.05) is 328 Å². The number of aromatic nitrogens is 6. The van der Waals surface area contributed by atoms with Crippen molar-refractivity contribution < 1.29 is 0 Å². The first-order valence-corrected chi connectivity index (χ1v) is 42.4. The van der Waals surface area contributed by atoms with Crippen LogP contribution in [0.2, 0.25) is 0 Å². The molecule has 24 aromatic rings. The molecule has 0 spiro atoms. The zero-order valence-electron chi connectivity index (χ0n) is 67.7. The van der Waals surface area contributed by atoms with Crippen LogP contribution >= 0.6 is 0 Å². The van der Waals surface area contributed by atoms with Crippen molar-refractivity contribution >= 4 is 87.2 Å². The first kappa shape index (κ1) is 72.7. The van der Waals surface area contributed by atoms with Gasteiger partial charge in [0.25, 0.3) is 0 Å². The first-order chi connectivity index (χ1) is 61.5. The van der Waals surface area contributed by atoms with Crippen LogP contribution in [-0.4, -0.2) is 28.2 Å². The van der Waals surface area contributed by atoms with Gasteiger partial charge in [0, 0.05) is 88.1 Å². The van der Waals surface area contributed by atoms with Gasteiger partial charge in [-0.25, -0.2) is 9.97 Å². The lowest BCUT2D eigenvalue weighted by Crippen LogP contribution is -1.94. The summed E-state index contributed by atoms with van der Waals surface area (Å²) in [6.07, 6.45) is 0. The lowest BCUT2D eigenvalue weighted by Gasteiger charge is -2.12. The number of rotatable bonds is 14. The van der Waals surface area contributed by atoms with Crippen LogP contribution in [0.3, 0.4) is 0 Å². The summed E-state index contributed by atoms with van der Waals surface area (Å²) in [7, 11) is 0. The molecule has 580 valence electrons. The minimum absolute atomic E-state index is 0.951. The molecule has 0 amide bonds. The van der Waals surface area contributed by atoms with Crippen molar-refractivity contribution in [3.05, 3.63) is 473 Å². The minimum Gasteiger partial charge on any atom is -0.309 e. The lowest BCUT2D eigenvalue weighted by atomic mass is 9.96. The Balaban J connectivity index is 0.000000143. The van der Waals surface area contributed by atoms with E-state index in [1.165, 1.54) is 126 Å². The quantitative estimate of drug-likeness (QED) is 0.109. The Hall–Kier alpha value is -16.5. The summed E-state index contributed by atoms with van der Waals surface area (Å²) >= 11 is 0. The summed E-state index contributed by atoms with van der Waals surface area (Å²) in [4.78, 5) is 10.3. The van der Waals surface area contributed by atoms with Crippen LogP contribution in [0.5, 0.6) is 0 Å². The van der Waals surface area contributed by atoms with E-state index < -0.39 is 0 Å². The fourth-order valence-corrected chi connectivity index (χ4v) is 18.7. The predicted molar refractivity (Wildman–Crippen MR) is 520 cm³/mol. The molecule has 0 aliphatic rings. The molecule has 6 nitrogen and oxygen atoms in total.